The summed E-state index contributed by atoms with van der Waals surface area (Å²) in [5.41, 5.74) is 2.57. The van der Waals surface area contributed by atoms with Gasteiger partial charge in [-0.15, -0.1) is 0 Å². The second kappa shape index (κ2) is 6.08. The Morgan fingerprint density at radius 3 is 2.74 bits per heavy atom. The first-order valence-electron chi connectivity index (χ1n) is 7.03. The van der Waals surface area contributed by atoms with Crippen LogP contribution in [-0.4, -0.2) is 27.8 Å². The van der Waals surface area contributed by atoms with Gasteiger partial charge in [-0.2, -0.15) is 4.98 Å². The van der Waals surface area contributed by atoms with E-state index in [1.54, 1.807) is 24.3 Å². The predicted molar refractivity (Wildman–Crippen MR) is 83.7 cm³/mol. The Morgan fingerprint density at radius 1 is 1.22 bits per heavy atom. The number of Topliss-reactive ketones (excluding diaryl/α,β-unsaturated/α-hetero) is 1. The molecule has 2 heterocycles. The van der Waals surface area contributed by atoms with Crippen molar-refractivity contribution in [3.63, 3.8) is 0 Å². The van der Waals surface area contributed by atoms with Crippen LogP contribution >= 0.6 is 0 Å². The molecule has 0 radical (unpaired) electrons. The van der Waals surface area contributed by atoms with E-state index in [0.717, 1.165) is 0 Å². The first kappa shape index (κ1) is 15.0. The van der Waals surface area contributed by atoms with E-state index in [9.17, 15) is 9.18 Å². The molecule has 23 heavy (non-hydrogen) atoms. The molecular weight excluding hydrogens is 297 g/mol. The molecule has 3 rings (SSSR count). The van der Waals surface area contributed by atoms with Gasteiger partial charge in [0.1, 0.15) is 17.1 Å². The van der Waals surface area contributed by atoms with Crippen molar-refractivity contribution >= 4 is 16.9 Å². The highest BCUT2D eigenvalue weighted by atomic mass is 19.1. The molecule has 0 aliphatic rings. The second-order valence-electron chi connectivity index (χ2n) is 5.14. The molecule has 2 aromatic heterocycles. The predicted octanol–water partition coefficient (Wildman–Crippen LogP) is 2.97. The summed E-state index contributed by atoms with van der Waals surface area (Å²) < 4.78 is 19.1. The van der Waals surface area contributed by atoms with Gasteiger partial charge in [0.2, 0.25) is 5.88 Å². The molecule has 0 amide bonds. The maximum Gasteiger partial charge on any atom is 0.215 e. The lowest BCUT2D eigenvalue weighted by Gasteiger charge is -2.06. The third kappa shape index (κ3) is 3.15. The van der Waals surface area contributed by atoms with Crippen molar-refractivity contribution in [2.45, 2.75) is 13.3 Å². The Kier molecular flexibility index (Phi) is 3.97. The summed E-state index contributed by atoms with van der Waals surface area (Å²) in [5.74, 6) is -0.0474. The lowest BCUT2D eigenvalue weighted by Crippen LogP contribution is -2.00. The number of pyridine rings is 1. The van der Waals surface area contributed by atoms with Gasteiger partial charge in [-0.1, -0.05) is 12.1 Å². The molecule has 0 atom stereocenters. The highest BCUT2D eigenvalue weighted by Gasteiger charge is 2.09. The van der Waals surface area contributed by atoms with E-state index in [-0.39, 0.29) is 12.2 Å². The zero-order valence-electron chi connectivity index (χ0n) is 12.7. The molecule has 3 aromatic rings. The fraction of sp³-hybridized carbons (Fsp3) is 0.176. The summed E-state index contributed by atoms with van der Waals surface area (Å²) >= 11 is 0. The van der Waals surface area contributed by atoms with Crippen LogP contribution in [0.15, 0.2) is 36.5 Å². The van der Waals surface area contributed by atoms with Crippen LogP contribution in [0.5, 0.6) is 5.88 Å². The van der Waals surface area contributed by atoms with E-state index in [0.29, 0.717) is 33.9 Å². The van der Waals surface area contributed by atoms with Crippen LogP contribution in [0.1, 0.15) is 12.5 Å². The number of carbonyl (C=O) groups excluding carboxylic acids is 1. The third-order valence-electron chi connectivity index (χ3n) is 3.38. The molecule has 1 aromatic carbocycles. The number of hydrogen-bond donors (Lipinski definition) is 0. The van der Waals surface area contributed by atoms with E-state index in [4.69, 9.17) is 4.74 Å². The lowest BCUT2D eigenvalue weighted by molar-refractivity contribution is -0.116. The van der Waals surface area contributed by atoms with Gasteiger partial charge in [0.15, 0.2) is 5.65 Å². The number of nitrogens with zero attached hydrogens (tertiary/aromatic N) is 3. The van der Waals surface area contributed by atoms with Gasteiger partial charge in [0.05, 0.1) is 19.0 Å². The average Bonchev–Trinajstić information content (AvgIpc) is 2.55. The summed E-state index contributed by atoms with van der Waals surface area (Å²) in [6, 6.07) is 8.14. The first-order chi connectivity index (χ1) is 11.1. The molecule has 0 fully saturated rings. The molecule has 6 heteroatoms. The van der Waals surface area contributed by atoms with Gasteiger partial charge in [-0.3, -0.25) is 4.79 Å². The van der Waals surface area contributed by atoms with E-state index < -0.39 is 5.82 Å². The summed E-state index contributed by atoms with van der Waals surface area (Å²) in [5, 5.41) is 0. The number of aromatic nitrogens is 3. The molecule has 0 N–H and O–H groups in total. The molecule has 0 bridgehead atoms. The van der Waals surface area contributed by atoms with Crippen molar-refractivity contribution in [2.24, 2.45) is 0 Å². The monoisotopic (exact) mass is 311 g/mol. The van der Waals surface area contributed by atoms with Gasteiger partial charge < -0.3 is 4.74 Å². The number of halogens is 1. The topological polar surface area (TPSA) is 65.0 Å². The number of methoxy groups -OCH3 is 1. The van der Waals surface area contributed by atoms with Gasteiger partial charge in [0, 0.05) is 18.1 Å². The Morgan fingerprint density at radius 2 is 2.04 bits per heavy atom. The standard InChI is InChI=1S/C17H14FN3O2/c1-10(22)7-11-3-4-12(8-13(11)18)15-9-19-17-14(20-15)5-6-16(21-17)23-2/h3-6,8-9H,7H2,1-2H3. The number of benzene rings is 1. The Balaban J connectivity index is 1.99. The van der Waals surface area contributed by atoms with Crippen LogP contribution in [0.3, 0.4) is 0 Å². The van der Waals surface area contributed by atoms with Crippen molar-refractivity contribution in [2.75, 3.05) is 7.11 Å². The molecule has 0 saturated heterocycles. The highest BCUT2D eigenvalue weighted by Crippen LogP contribution is 2.22. The maximum atomic E-state index is 14.1. The van der Waals surface area contributed by atoms with Crippen molar-refractivity contribution in [3.05, 3.63) is 47.9 Å². The maximum absolute atomic E-state index is 14.1. The summed E-state index contributed by atoms with van der Waals surface area (Å²) in [6.45, 7) is 1.43. The number of carbonyl (C=O) groups is 1. The molecule has 0 aliphatic carbocycles. The number of ether oxygens (including phenoxy) is 1. The van der Waals surface area contributed by atoms with Gasteiger partial charge in [-0.05, 0) is 24.6 Å². The lowest BCUT2D eigenvalue weighted by atomic mass is 10.0. The zero-order chi connectivity index (χ0) is 16.4. The number of hydrogen-bond acceptors (Lipinski definition) is 5. The summed E-state index contributed by atoms with van der Waals surface area (Å²) in [7, 11) is 1.53. The van der Waals surface area contributed by atoms with E-state index in [1.165, 1.54) is 26.3 Å². The minimum Gasteiger partial charge on any atom is -0.481 e. The van der Waals surface area contributed by atoms with Crippen molar-refractivity contribution < 1.29 is 13.9 Å². The molecular formula is C17H14FN3O2. The molecule has 5 nitrogen and oxygen atoms in total. The fourth-order valence-electron chi connectivity index (χ4n) is 2.26. The molecule has 116 valence electrons. The van der Waals surface area contributed by atoms with E-state index in [1.807, 2.05) is 0 Å². The minimum atomic E-state index is -0.424. The fourth-order valence-corrected chi connectivity index (χ4v) is 2.26. The van der Waals surface area contributed by atoms with Crippen molar-refractivity contribution in [1.29, 1.82) is 0 Å². The van der Waals surface area contributed by atoms with E-state index >= 15 is 0 Å². The Hall–Kier alpha value is -2.89. The van der Waals surface area contributed by atoms with Crippen LogP contribution in [0, 0.1) is 5.82 Å². The largest absolute Gasteiger partial charge is 0.481 e. The van der Waals surface area contributed by atoms with Crippen molar-refractivity contribution in [1.82, 2.24) is 15.0 Å². The minimum absolute atomic E-state index is 0.0813. The number of rotatable bonds is 4. The molecule has 0 unspecified atom stereocenters. The van der Waals surface area contributed by atoms with E-state index in [2.05, 4.69) is 15.0 Å². The normalized spacial score (nSPS) is 10.7. The van der Waals surface area contributed by atoms with Gasteiger partial charge >= 0.3 is 0 Å². The van der Waals surface area contributed by atoms with Gasteiger partial charge in [-0.25, -0.2) is 14.4 Å². The van der Waals surface area contributed by atoms with Crippen LogP contribution in [-0.2, 0) is 11.2 Å². The quantitative estimate of drug-likeness (QED) is 0.741. The SMILES string of the molecule is COc1ccc2nc(-c3ccc(CC(C)=O)c(F)c3)cnc2n1. The second-order valence-corrected chi connectivity index (χ2v) is 5.14. The third-order valence-corrected chi connectivity index (χ3v) is 3.38. The number of fused-ring (bicyclic) bond motifs is 1. The zero-order valence-corrected chi connectivity index (χ0v) is 12.7. The van der Waals surface area contributed by atoms with Crippen LogP contribution in [0.25, 0.3) is 22.4 Å². The Labute approximate surface area is 132 Å². The van der Waals surface area contributed by atoms with Crippen molar-refractivity contribution in [3.8, 4) is 17.1 Å². The first-order valence-corrected chi connectivity index (χ1v) is 7.03. The van der Waals surface area contributed by atoms with Crippen LogP contribution in [0.2, 0.25) is 0 Å². The molecule has 0 saturated carbocycles. The summed E-state index contributed by atoms with van der Waals surface area (Å²) in [4.78, 5) is 24.0. The Bertz CT molecular complexity index is 896. The molecule has 0 spiro atoms. The number of ketones is 1. The molecule has 0 aliphatic heterocycles. The van der Waals surface area contributed by atoms with Crippen LogP contribution in [0.4, 0.5) is 4.39 Å². The smallest absolute Gasteiger partial charge is 0.215 e. The highest BCUT2D eigenvalue weighted by molar-refractivity contribution is 5.78. The van der Waals surface area contributed by atoms with Crippen LogP contribution < -0.4 is 4.74 Å². The van der Waals surface area contributed by atoms with Gasteiger partial charge in [0.25, 0.3) is 0 Å². The summed E-state index contributed by atoms with van der Waals surface area (Å²) in [6.07, 6.45) is 1.62. The average molecular weight is 311 g/mol.